The summed E-state index contributed by atoms with van der Waals surface area (Å²) >= 11 is 0. The maximum atomic E-state index is 13.8. The molecule has 0 radical (unpaired) electrons. The van der Waals surface area contributed by atoms with Gasteiger partial charge in [0.1, 0.15) is 0 Å². The molecule has 0 saturated heterocycles. The summed E-state index contributed by atoms with van der Waals surface area (Å²) in [6.45, 7) is 3.40. The minimum atomic E-state index is -0.384. The summed E-state index contributed by atoms with van der Waals surface area (Å²) in [4.78, 5) is 4.07. The van der Waals surface area contributed by atoms with Gasteiger partial charge in [-0.25, -0.2) is 9.37 Å². The Morgan fingerprint density at radius 1 is 1.28 bits per heavy atom. The molecule has 4 heteroatoms. The second-order valence-corrected chi connectivity index (χ2v) is 4.11. The van der Waals surface area contributed by atoms with Crippen molar-refractivity contribution >= 4 is 0 Å². The number of aryl methyl sites for hydroxylation is 2. The van der Waals surface area contributed by atoms with Gasteiger partial charge in [-0.05, 0) is 37.1 Å². The number of nitrogens with zero attached hydrogens (tertiary/aromatic N) is 1. The van der Waals surface area contributed by atoms with Crippen LogP contribution in [0.5, 0.6) is 11.6 Å². The van der Waals surface area contributed by atoms with E-state index in [1.807, 2.05) is 0 Å². The first-order valence-corrected chi connectivity index (χ1v) is 5.61. The third kappa shape index (κ3) is 2.49. The predicted octanol–water partition coefficient (Wildman–Crippen LogP) is 3.12. The van der Waals surface area contributed by atoms with E-state index < -0.39 is 0 Å². The van der Waals surface area contributed by atoms with Crippen molar-refractivity contribution in [3.8, 4) is 11.6 Å². The number of pyridine rings is 1. The zero-order valence-corrected chi connectivity index (χ0v) is 10.3. The molecule has 0 aliphatic heterocycles. The average Bonchev–Trinajstić information content (AvgIpc) is 2.37. The zero-order valence-electron chi connectivity index (χ0n) is 10.3. The lowest BCUT2D eigenvalue weighted by molar-refractivity contribution is 0.281. The Labute approximate surface area is 105 Å². The van der Waals surface area contributed by atoms with Crippen LogP contribution in [-0.4, -0.2) is 10.1 Å². The fourth-order valence-electron chi connectivity index (χ4n) is 1.62. The van der Waals surface area contributed by atoms with E-state index in [2.05, 4.69) is 4.98 Å². The van der Waals surface area contributed by atoms with Gasteiger partial charge in [0.05, 0.1) is 6.61 Å². The molecule has 0 saturated carbocycles. The minimum absolute atomic E-state index is 0.0765. The number of aliphatic hydroxyl groups is 1. The smallest absolute Gasteiger partial charge is 0.222 e. The molecule has 0 bridgehead atoms. The molecule has 1 aromatic carbocycles. The molecule has 18 heavy (non-hydrogen) atoms. The molecule has 0 amide bonds. The summed E-state index contributed by atoms with van der Waals surface area (Å²) in [5.41, 5.74) is 1.98. The maximum Gasteiger partial charge on any atom is 0.222 e. The molecule has 2 rings (SSSR count). The van der Waals surface area contributed by atoms with E-state index in [-0.39, 0.29) is 18.2 Å². The van der Waals surface area contributed by atoms with Crippen LogP contribution in [0.1, 0.15) is 16.7 Å². The lowest BCUT2D eigenvalue weighted by Gasteiger charge is -2.10. The van der Waals surface area contributed by atoms with Gasteiger partial charge in [0.25, 0.3) is 0 Å². The number of hydrogen-bond acceptors (Lipinski definition) is 3. The van der Waals surface area contributed by atoms with E-state index in [1.54, 1.807) is 38.1 Å². The second kappa shape index (κ2) is 5.14. The van der Waals surface area contributed by atoms with Crippen LogP contribution in [0, 0.1) is 19.7 Å². The molecule has 0 aliphatic carbocycles. The SMILES string of the molecule is Cc1cc(CO)cnc1Oc1cccc(C)c1F. The zero-order chi connectivity index (χ0) is 13.1. The standard InChI is InChI=1S/C14H14FNO2/c1-9-4-3-5-12(13(9)15)18-14-10(2)6-11(8-17)7-16-14/h3-7,17H,8H2,1-2H3. The molecule has 0 aliphatic rings. The Morgan fingerprint density at radius 3 is 2.72 bits per heavy atom. The van der Waals surface area contributed by atoms with Crippen LogP contribution in [0.25, 0.3) is 0 Å². The first kappa shape index (κ1) is 12.5. The molecular formula is C14H14FNO2. The Hall–Kier alpha value is -1.94. The molecule has 1 aromatic heterocycles. The van der Waals surface area contributed by atoms with Gasteiger partial charge in [-0.15, -0.1) is 0 Å². The molecule has 0 atom stereocenters. The summed E-state index contributed by atoms with van der Waals surface area (Å²) in [5.74, 6) is 0.115. The van der Waals surface area contributed by atoms with Crippen LogP contribution >= 0.6 is 0 Å². The molecule has 0 fully saturated rings. The highest BCUT2D eigenvalue weighted by Gasteiger charge is 2.09. The summed E-state index contributed by atoms with van der Waals surface area (Å²) < 4.78 is 19.2. The third-order valence-electron chi connectivity index (χ3n) is 2.63. The monoisotopic (exact) mass is 247 g/mol. The quantitative estimate of drug-likeness (QED) is 0.906. The predicted molar refractivity (Wildman–Crippen MR) is 66.1 cm³/mol. The van der Waals surface area contributed by atoms with Crippen molar-refractivity contribution in [3.63, 3.8) is 0 Å². The van der Waals surface area contributed by atoms with Gasteiger partial charge in [-0.3, -0.25) is 0 Å². The molecule has 0 unspecified atom stereocenters. The van der Waals surface area contributed by atoms with E-state index in [0.717, 1.165) is 5.56 Å². The van der Waals surface area contributed by atoms with Crippen molar-refractivity contribution in [2.75, 3.05) is 0 Å². The first-order valence-electron chi connectivity index (χ1n) is 5.61. The number of ether oxygens (including phenoxy) is 1. The van der Waals surface area contributed by atoms with Gasteiger partial charge >= 0.3 is 0 Å². The highest BCUT2D eigenvalue weighted by Crippen LogP contribution is 2.27. The van der Waals surface area contributed by atoms with Gasteiger partial charge in [0.2, 0.25) is 5.88 Å². The van der Waals surface area contributed by atoms with Crippen LogP contribution in [-0.2, 0) is 6.61 Å². The number of benzene rings is 1. The third-order valence-corrected chi connectivity index (χ3v) is 2.63. The topological polar surface area (TPSA) is 42.4 Å². The van der Waals surface area contributed by atoms with Gasteiger partial charge in [0, 0.05) is 11.8 Å². The van der Waals surface area contributed by atoms with Crippen LogP contribution in [0.3, 0.4) is 0 Å². The van der Waals surface area contributed by atoms with E-state index in [0.29, 0.717) is 17.0 Å². The van der Waals surface area contributed by atoms with Crippen molar-refractivity contribution in [1.29, 1.82) is 0 Å². The van der Waals surface area contributed by atoms with Gasteiger partial charge in [0.15, 0.2) is 11.6 Å². The van der Waals surface area contributed by atoms with Crippen LogP contribution in [0.15, 0.2) is 30.5 Å². The first-order chi connectivity index (χ1) is 8.61. The van der Waals surface area contributed by atoms with Crippen LogP contribution in [0.2, 0.25) is 0 Å². The van der Waals surface area contributed by atoms with E-state index >= 15 is 0 Å². The largest absolute Gasteiger partial charge is 0.436 e. The number of aliphatic hydroxyl groups excluding tert-OH is 1. The summed E-state index contributed by atoms with van der Waals surface area (Å²) in [5, 5.41) is 8.98. The highest BCUT2D eigenvalue weighted by molar-refractivity contribution is 5.36. The van der Waals surface area contributed by atoms with Crippen molar-refractivity contribution in [2.45, 2.75) is 20.5 Å². The summed E-state index contributed by atoms with van der Waals surface area (Å²) in [7, 11) is 0. The Kier molecular flexibility index (Phi) is 3.58. The number of hydrogen-bond donors (Lipinski definition) is 1. The normalized spacial score (nSPS) is 10.4. The number of aromatic nitrogens is 1. The molecule has 0 spiro atoms. The fourth-order valence-corrected chi connectivity index (χ4v) is 1.62. The van der Waals surface area contributed by atoms with Crippen LogP contribution in [0.4, 0.5) is 4.39 Å². The van der Waals surface area contributed by atoms with E-state index in [9.17, 15) is 4.39 Å². The average molecular weight is 247 g/mol. The highest BCUT2D eigenvalue weighted by atomic mass is 19.1. The molecule has 1 heterocycles. The Balaban J connectivity index is 2.31. The van der Waals surface area contributed by atoms with Crippen LogP contribution < -0.4 is 4.74 Å². The fraction of sp³-hybridized carbons (Fsp3) is 0.214. The summed E-state index contributed by atoms with van der Waals surface area (Å²) in [6, 6.07) is 6.72. The Morgan fingerprint density at radius 2 is 2.06 bits per heavy atom. The van der Waals surface area contributed by atoms with Crippen molar-refractivity contribution < 1.29 is 14.2 Å². The number of halogens is 1. The molecule has 2 aromatic rings. The lowest BCUT2D eigenvalue weighted by atomic mass is 10.2. The number of rotatable bonds is 3. The minimum Gasteiger partial charge on any atom is -0.436 e. The molecule has 1 N–H and O–H groups in total. The summed E-state index contributed by atoms with van der Waals surface area (Å²) in [6.07, 6.45) is 1.51. The van der Waals surface area contributed by atoms with Crippen molar-refractivity contribution in [2.24, 2.45) is 0 Å². The molecule has 94 valence electrons. The van der Waals surface area contributed by atoms with Gasteiger partial charge < -0.3 is 9.84 Å². The molecule has 3 nitrogen and oxygen atoms in total. The van der Waals surface area contributed by atoms with E-state index in [1.165, 1.54) is 6.20 Å². The lowest BCUT2D eigenvalue weighted by Crippen LogP contribution is -1.96. The van der Waals surface area contributed by atoms with Crippen molar-refractivity contribution in [1.82, 2.24) is 4.98 Å². The Bertz CT molecular complexity index is 570. The van der Waals surface area contributed by atoms with E-state index in [4.69, 9.17) is 9.84 Å². The maximum absolute atomic E-state index is 13.8. The van der Waals surface area contributed by atoms with Crippen molar-refractivity contribution in [3.05, 3.63) is 53.0 Å². The van der Waals surface area contributed by atoms with Gasteiger partial charge in [-0.2, -0.15) is 0 Å². The molecular weight excluding hydrogens is 233 g/mol. The van der Waals surface area contributed by atoms with Gasteiger partial charge in [-0.1, -0.05) is 12.1 Å². The second-order valence-electron chi connectivity index (χ2n) is 4.11.